The Bertz CT molecular complexity index is 3300. The number of hydrogen-bond donors (Lipinski definition) is 0. The Kier molecular flexibility index (Phi) is 9.32. The molecule has 0 fully saturated rings. The molecular weight excluding hydrogens is 761 g/mol. The first-order valence-electron chi connectivity index (χ1n) is 22.0. The van der Waals surface area contributed by atoms with E-state index in [2.05, 4.69) is 256 Å². The monoisotopic (exact) mass is 808 g/mol. The minimum atomic E-state index is -0.202. The molecule has 0 spiro atoms. The standard InChI is InChI=1S/C61H48N2/c1-41-36-42(2)38-51(37-41)62(57-26-14-20-46-18-8-10-21-52(46)57)49-32-28-44(29-33-49)45-30-34-50(35-31-45)63(58-27-15-24-55-54-23-12-13-25-56(54)61(3,4)60(55)58)59-40-48(43-16-6-5-7-17-43)39-47-19-9-11-22-53(47)59/h5-40H,1-4H3. The third-order valence-electron chi connectivity index (χ3n) is 13.0. The summed E-state index contributed by atoms with van der Waals surface area (Å²) in [5.74, 6) is 0. The van der Waals surface area contributed by atoms with Crippen LogP contribution in [0.2, 0.25) is 0 Å². The Morgan fingerprint density at radius 3 is 1.57 bits per heavy atom. The van der Waals surface area contributed by atoms with Gasteiger partial charge in [0.1, 0.15) is 0 Å². The molecule has 0 bridgehead atoms. The summed E-state index contributed by atoms with van der Waals surface area (Å²) in [6.07, 6.45) is 0. The summed E-state index contributed by atoms with van der Waals surface area (Å²) in [7, 11) is 0. The summed E-state index contributed by atoms with van der Waals surface area (Å²) < 4.78 is 0. The zero-order valence-corrected chi connectivity index (χ0v) is 36.2. The van der Waals surface area contributed by atoms with Crippen molar-refractivity contribution in [1.29, 1.82) is 0 Å². The summed E-state index contributed by atoms with van der Waals surface area (Å²) in [6.45, 7) is 9.12. The van der Waals surface area contributed by atoms with Gasteiger partial charge in [-0.05, 0) is 141 Å². The van der Waals surface area contributed by atoms with Gasteiger partial charge < -0.3 is 9.80 Å². The molecule has 302 valence electrons. The number of aryl methyl sites for hydroxylation is 2. The van der Waals surface area contributed by atoms with Gasteiger partial charge in [-0.3, -0.25) is 0 Å². The number of benzene rings is 10. The second-order valence-corrected chi connectivity index (χ2v) is 17.6. The fraction of sp³-hybridized carbons (Fsp3) is 0.0820. The third kappa shape index (κ3) is 6.67. The quantitative estimate of drug-likeness (QED) is 0.151. The van der Waals surface area contributed by atoms with Crippen molar-refractivity contribution in [3.8, 4) is 33.4 Å². The van der Waals surface area contributed by atoms with Crippen molar-refractivity contribution >= 4 is 55.7 Å². The van der Waals surface area contributed by atoms with E-state index in [-0.39, 0.29) is 5.41 Å². The number of fused-ring (bicyclic) bond motifs is 5. The van der Waals surface area contributed by atoms with Crippen molar-refractivity contribution in [3.05, 3.63) is 241 Å². The molecular formula is C61H48N2. The van der Waals surface area contributed by atoms with Gasteiger partial charge in [-0.1, -0.05) is 172 Å². The molecule has 2 heteroatoms. The highest BCUT2D eigenvalue weighted by molar-refractivity contribution is 6.04. The van der Waals surface area contributed by atoms with Gasteiger partial charge >= 0.3 is 0 Å². The molecule has 0 saturated carbocycles. The maximum absolute atomic E-state index is 2.51. The molecule has 0 aromatic heterocycles. The van der Waals surface area contributed by atoms with Gasteiger partial charge in [0.15, 0.2) is 0 Å². The normalized spacial score (nSPS) is 12.6. The van der Waals surface area contributed by atoms with Crippen LogP contribution in [0.25, 0.3) is 54.9 Å². The van der Waals surface area contributed by atoms with E-state index < -0.39 is 0 Å². The fourth-order valence-corrected chi connectivity index (χ4v) is 10.2. The van der Waals surface area contributed by atoms with Gasteiger partial charge in [-0.2, -0.15) is 0 Å². The Morgan fingerprint density at radius 2 is 0.857 bits per heavy atom. The Labute approximate surface area is 371 Å². The highest BCUT2D eigenvalue weighted by Gasteiger charge is 2.39. The Hall–Kier alpha value is -7.68. The average Bonchev–Trinajstić information content (AvgIpc) is 3.56. The minimum Gasteiger partial charge on any atom is -0.310 e. The van der Waals surface area contributed by atoms with Crippen LogP contribution in [0, 0.1) is 13.8 Å². The van der Waals surface area contributed by atoms with Crippen molar-refractivity contribution < 1.29 is 0 Å². The molecule has 63 heavy (non-hydrogen) atoms. The predicted octanol–water partition coefficient (Wildman–Crippen LogP) is 17.2. The topological polar surface area (TPSA) is 6.48 Å². The number of hydrogen-bond acceptors (Lipinski definition) is 2. The number of rotatable bonds is 8. The van der Waals surface area contributed by atoms with Crippen molar-refractivity contribution in [3.63, 3.8) is 0 Å². The third-order valence-corrected chi connectivity index (χ3v) is 13.0. The van der Waals surface area contributed by atoms with Crippen molar-refractivity contribution in [1.82, 2.24) is 0 Å². The maximum Gasteiger partial charge on any atom is 0.0546 e. The highest BCUT2D eigenvalue weighted by Crippen LogP contribution is 2.55. The van der Waals surface area contributed by atoms with Crippen LogP contribution < -0.4 is 9.80 Å². The molecule has 0 unspecified atom stereocenters. The first-order valence-corrected chi connectivity index (χ1v) is 22.0. The second-order valence-electron chi connectivity index (χ2n) is 17.6. The molecule has 0 radical (unpaired) electrons. The largest absolute Gasteiger partial charge is 0.310 e. The summed E-state index contributed by atoms with van der Waals surface area (Å²) in [5, 5.41) is 4.87. The smallest absolute Gasteiger partial charge is 0.0546 e. The molecule has 0 aliphatic heterocycles. The van der Waals surface area contributed by atoms with Crippen LogP contribution >= 0.6 is 0 Å². The Balaban J connectivity index is 1.04. The number of nitrogens with zero attached hydrogens (tertiary/aromatic N) is 2. The molecule has 1 aliphatic rings. The van der Waals surface area contributed by atoms with E-state index in [1.54, 1.807) is 0 Å². The van der Waals surface area contributed by atoms with Gasteiger partial charge in [0.2, 0.25) is 0 Å². The SMILES string of the molecule is Cc1cc(C)cc(N(c2ccc(-c3ccc(N(c4cccc5c4C(C)(C)c4ccccc4-5)c4cc(-c5ccccc5)cc5ccccc45)cc3)cc2)c2cccc3ccccc23)c1. The summed E-state index contributed by atoms with van der Waals surface area (Å²) in [6, 6.07) is 80.4. The first-order chi connectivity index (χ1) is 30.8. The van der Waals surface area contributed by atoms with Crippen LogP contribution in [0.3, 0.4) is 0 Å². The lowest BCUT2D eigenvalue weighted by molar-refractivity contribution is 0.661. The van der Waals surface area contributed by atoms with Crippen LogP contribution in [0.1, 0.15) is 36.1 Å². The molecule has 11 rings (SSSR count). The lowest BCUT2D eigenvalue weighted by Gasteiger charge is -2.33. The summed E-state index contributed by atoms with van der Waals surface area (Å²) >= 11 is 0. The zero-order chi connectivity index (χ0) is 42.7. The van der Waals surface area contributed by atoms with E-state index in [9.17, 15) is 0 Å². The predicted molar refractivity (Wildman–Crippen MR) is 269 cm³/mol. The maximum atomic E-state index is 2.51. The van der Waals surface area contributed by atoms with Gasteiger partial charge in [-0.25, -0.2) is 0 Å². The molecule has 0 N–H and O–H groups in total. The van der Waals surface area contributed by atoms with E-state index in [4.69, 9.17) is 0 Å². The minimum absolute atomic E-state index is 0.202. The summed E-state index contributed by atoms with van der Waals surface area (Å²) in [5.41, 5.74) is 19.3. The molecule has 0 saturated heterocycles. The summed E-state index contributed by atoms with van der Waals surface area (Å²) in [4.78, 5) is 4.92. The average molecular weight is 809 g/mol. The van der Waals surface area contributed by atoms with Gasteiger partial charge in [0.25, 0.3) is 0 Å². The zero-order valence-electron chi connectivity index (χ0n) is 36.2. The molecule has 0 heterocycles. The van der Waals surface area contributed by atoms with E-state index in [1.807, 2.05) is 0 Å². The van der Waals surface area contributed by atoms with Crippen LogP contribution in [-0.2, 0) is 5.41 Å². The first kappa shape index (κ1) is 38.3. The fourth-order valence-electron chi connectivity index (χ4n) is 10.2. The molecule has 2 nitrogen and oxygen atoms in total. The van der Waals surface area contributed by atoms with Crippen molar-refractivity contribution in [2.75, 3.05) is 9.80 Å². The van der Waals surface area contributed by atoms with Crippen LogP contribution in [0.5, 0.6) is 0 Å². The van der Waals surface area contributed by atoms with E-state index in [0.717, 1.165) is 28.4 Å². The number of anilines is 6. The van der Waals surface area contributed by atoms with Crippen LogP contribution in [0.15, 0.2) is 218 Å². The van der Waals surface area contributed by atoms with Gasteiger partial charge in [0.05, 0.1) is 17.1 Å². The van der Waals surface area contributed by atoms with Crippen LogP contribution in [0.4, 0.5) is 34.1 Å². The molecule has 10 aromatic carbocycles. The Morgan fingerprint density at radius 1 is 0.333 bits per heavy atom. The molecule has 10 aromatic rings. The van der Waals surface area contributed by atoms with Crippen molar-refractivity contribution in [2.45, 2.75) is 33.1 Å². The lowest BCUT2D eigenvalue weighted by Crippen LogP contribution is -2.20. The van der Waals surface area contributed by atoms with Gasteiger partial charge in [0, 0.05) is 33.2 Å². The van der Waals surface area contributed by atoms with E-state index in [0.29, 0.717) is 0 Å². The lowest BCUT2D eigenvalue weighted by atomic mass is 9.81. The molecule has 1 aliphatic carbocycles. The molecule has 0 amide bonds. The van der Waals surface area contributed by atoms with E-state index >= 15 is 0 Å². The van der Waals surface area contributed by atoms with Crippen LogP contribution in [-0.4, -0.2) is 0 Å². The second kappa shape index (κ2) is 15.3. The highest BCUT2D eigenvalue weighted by atomic mass is 15.2. The van der Waals surface area contributed by atoms with Crippen molar-refractivity contribution in [2.24, 2.45) is 0 Å². The van der Waals surface area contributed by atoms with E-state index in [1.165, 1.54) is 82.9 Å². The van der Waals surface area contributed by atoms with Gasteiger partial charge in [-0.15, -0.1) is 0 Å². The molecule has 0 atom stereocenters.